The first-order chi connectivity index (χ1) is 51.3. The summed E-state index contributed by atoms with van der Waals surface area (Å²) in [7, 11) is -3.21. The van der Waals surface area contributed by atoms with E-state index in [2.05, 4.69) is 72.4 Å². The zero-order chi connectivity index (χ0) is 75.1. The maximum absolute atomic E-state index is 12.2. The molecule has 0 atom stereocenters. The number of benzene rings is 8. The molecule has 540 valence electrons. The normalized spacial score (nSPS) is 10.6. The Morgan fingerprint density at radius 2 is 0.698 bits per heavy atom. The fourth-order valence-corrected chi connectivity index (χ4v) is 11.9. The minimum Gasteiger partial charge on any atom is -0.494 e. The molecule has 0 fully saturated rings. The van der Waals surface area contributed by atoms with Gasteiger partial charge in [0.15, 0.2) is 9.84 Å². The van der Waals surface area contributed by atoms with Crippen LogP contribution in [0, 0.1) is 27.7 Å². The number of rotatable bonds is 25. The predicted molar refractivity (Wildman–Crippen MR) is 421 cm³/mol. The van der Waals surface area contributed by atoms with E-state index in [9.17, 15) is 27.6 Å². The molecule has 12 rings (SSSR count). The molecule has 16 nitrogen and oxygen atoms in total. The highest BCUT2D eigenvalue weighted by Crippen LogP contribution is 2.29. The first-order valence-corrected chi connectivity index (χ1v) is 37.1. The number of amides is 4. The Morgan fingerprint density at radius 3 is 1.07 bits per heavy atom. The number of carbonyl (C=O) groups excluding carboxylic acids is 4. The molecule has 0 aliphatic heterocycles. The summed E-state index contributed by atoms with van der Waals surface area (Å²) in [6.07, 6.45) is 11.2. The van der Waals surface area contributed by atoms with Gasteiger partial charge in [-0.2, -0.15) is 0 Å². The summed E-state index contributed by atoms with van der Waals surface area (Å²) in [6.45, 7) is 15.5. The quantitative estimate of drug-likeness (QED) is 0.0420. The maximum Gasteiger partial charge on any atom is 0.224 e. The third-order valence-electron chi connectivity index (χ3n) is 16.7. The first-order valence-electron chi connectivity index (χ1n) is 35.2. The number of hydrogen-bond acceptors (Lipinski definition) is 12. The lowest BCUT2D eigenvalue weighted by molar-refractivity contribution is -0.121. The highest BCUT2D eigenvalue weighted by Gasteiger charge is 2.13. The summed E-state index contributed by atoms with van der Waals surface area (Å²) in [5.41, 5.74) is 20.2. The van der Waals surface area contributed by atoms with Gasteiger partial charge in [-0.25, -0.2) is 8.42 Å². The topological polar surface area (TPSA) is 221 Å². The largest absolute Gasteiger partial charge is 0.494 e. The number of pyridine rings is 4. The van der Waals surface area contributed by atoms with Gasteiger partial charge in [0.05, 0.1) is 60.9 Å². The summed E-state index contributed by atoms with van der Waals surface area (Å²) in [6, 6.07) is 78.2. The zero-order valence-corrected chi connectivity index (χ0v) is 61.8. The van der Waals surface area contributed by atoms with Gasteiger partial charge in [0.25, 0.3) is 0 Å². The molecule has 0 saturated heterocycles. The van der Waals surface area contributed by atoms with Gasteiger partial charge in [-0.15, -0.1) is 0 Å². The van der Waals surface area contributed by atoms with Crippen LogP contribution in [0.4, 0.5) is 0 Å². The number of aryl methyl sites for hydroxylation is 4. The molecule has 0 aliphatic rings. The SMILES string of the molecule is CCOc1ccc(-c2ccc(CC(=O)NCc3cccc(C)c3)cn2)cc1.CCOc1ccccc1-c1ccc(CC(=O)NCc2cccc(C)c2)cn1.Cc1cccc(CNC(=O)Cc2ccc(-c3ccc(S(C)(=O)=O)cc3)nc2)c1.Cc1cccc(CNC(=O)Cc2ccc(-c3ccncc3)cc2)c1. The van der Waals surface area contributed by atoms with Crippen LogP contribution in [0.2, 0.25) is 0 Å². The van der Waals surface area contributed by atoms with Crippen LogP contribution in [0.3, 0.4) is 0 Å². The zero-order valence-electron chi connectivity index (χ0n) is 61.0. The molecule has 4 aromatic heterocycles. The summed E-state index contributed by atoms with van der Waals surface area (Å²) in [5, 5.41) is 11.8. The third-order valence-corrected chi connectivity index (χ3v) is 17.8. The lowest BCUT2D eigenvalue weighted by Crippen LogP contribution is -2.24. The monoisotopic (exact) mass is 1430 g/mol. The lowest BCUT2D eigenvalue weighted by atomic mass is 10.0. The molecular formula is C89H90N8O8S. The van der Waals surface area contributed by atoms with Crippen molar-refractivity contribution in [3.8, 4) is 56.4 Å². The second kappa shape index (κ2) is 40.0. The Balaban J connectivity index is 0.000000164. The summed E-state index contributed by atoms with van der Waals surface area (Å²) in [4.78, 5) is 66.3. The van der Waals surface area contributed by atoms with Gasteiger partial charge in [-0.05, 0) is 176 Å². The van der Waals surface area contributed by atoms with Crippen LogP contribution in [0.15, 0.2) is 279 Å². The van der Waals surface area contributed by atoms with Crippen molar-refractivity contribution in [2.45, 2.75) is 98.3 Å². The highest BCUT2D eigenvalue weighted by atomic mass is 32.2. The molecule has 4 amide bonds. The van der Waals surface area contributed by atoms with Crippen molar-refractivity contribution in [3.63, 3.8) is 0 Å². The predicted octanol–water partition coefficient (Wildman–Crippen LogP) is 15.9. The number of para-hydroxylation sites is 1. The standard InChI is InChI=1S/2C23H24N2O2.C22H22N2O3S.C21H20N2O/c1-3-27-22-10-5-4-9-20(22)21-12-11-19(15-24-21)14-23(26)25-16-18-8-6-7-17(2)13-18;1-3-27-21-10-8-20(9-11-21)22-12-7-19(15-24-22)14-23(26)25-16-18-6-4-5-17(2)13-18;1-16-4-3-5-17(12-16)15-24-22(25)13-18-6-11-21(23-14-18)19-7-9-20(10-8-19)28(2,26)27;1-16-3-2-4-18(13-16)15-23-21(24)14-17-5-7-19(8-6-17)20-9-11-22-12-10-20/h2*4-13,15H,3,14,16H2,1-2H3,(H,25,26);3-12,14H,13,15H2,1-2H3,(H,24,25);2-13H,14-15H2,1H3,(H,23,24). The number of sulfone groups is 1. The molecule has 0 saturated carbocycles. The molecule has 4 heterocycles. The molecule has 0 aliphatic carbocycles. The lowest BCUT2D eigenvalue weighted by Gasteiger charge is -2.10. The van der Waals surface area contributed by atoms with Crippen molar-refractivity contribution < 1.29 is 37.1 Å². The number of nitrogens with one attached hydrogen (secondary N) is 4. The van der Waals surface area contributed by atoms with Gasteiger partial charge in [0, 0.05) is 80.1 Å². The molecule has 8 aromatic carbocycles. The summed E-state index contributed by atoms with van der Waals surface area (Å²) >= 11 is 0. The van der Waals surface area contributed by atoms with Gasteiger partial charge < -0.3 is 30.7 Å². The van der Waals surface area contributed by atoms with E-state index >= 15 is 0 Å². The van der Waals surface area contributed by atoms with Crippen LogP contribution in [0.1, 0.15) is 80.6 Å². The Bertz CT molecular complexity index is 4930. The average Bonchev–Trinajstić information content (AvgIpc) is 0.525. The average molecular weight is 1430 g/mol. The Labute approximate surface area is 622 Å². The third kappa shape index (κ3) is 25.9. The van der Waals surface area contributed by atoms with E-state index in [1.54, 1.807) is 55.2 Å². The number of ether oxygens (including phenoxy) is 2. The van der Waals surface area contributed by atoms with Crippen LogP contribution in [-0.4, -0.2) is 71.5 Å². The number of carbonyl (C=O) groups is 4. The molecule has 106 heavy (non-hydrogen) atoms. The van der Waals surface area contributed by atoms with Crippen LogP contribution in [-0.2, 0) is 80.9 Å². The molecule has 0 bridgehead atoms. The minimum atomic E-state index is -3.21. The van der Waals surface area contributed by atoms with Crippen LogP contribution >= 0.6 is 0 Å². The molecule has 17 heteroatoms. The fraction of sp³-hybridized carbons (Fsp3) is 0.191. The Kier molecular flexibility index (Phi) is 29.4. The smallest absolute Gasteiger partial charge is 0.224 e. The van der Waals surface area contributed by atoms with Crippen molar-refractivity contribution in [2.24, 2.45) is 0 Å². The molecule has 0 unspecified atom stereocenters. The molecule has 12 aromatic rings. The van der Waals surface area contributed by atoms with Gasteiger partial charge in [0.2, 0.25) is 23.6 Å². The molecular weight excluding hydrogens is 1340 g/mol. The Hall–Kier alpha value is -12.2. The molecule has 0 radical (unpaired) electrons. The highest BCUT2D eigenvalue weighted by molar-refractivity contribution is 7.90. The van der Waals surface area contributed by atoms with Crippen molar-refractivity contribution in [3.05, 3.63) is 340 Å². The van der Waals surface area contributed by atoms with E-state index in [0.29, 0.717) is 58.7 Å². The van der Waals surface area contributed by atoms with E-state index in [0.717, 1.165) is 106 Å². The van der Waals surface area contributed by atoms with Crippen molar-refractivity contribution in [1.29, 1.82) is 0 Å². The summed E-state index contributed by atoms with van der Waals surface area (Å²) in [5.74, 6) is 1.62. The fourth-order valence-electron chi connectivity index (χ4n) is 11.3. The van der Waals surface area contributed by atoms with Gasteiger partial charge in [-0.3, -0.25) is 39.1 Å². The van der Waals surface area contributed by atoms with Gasteiger partial charge >= 0.3 is 0 Å². The van der Waals surface area contributed by atoms with Crippen LogP contribution < -0.4 is 30.7 Å². The van der Waals surface area contributed by atoms with Crippen LogP contribution in [0.5, 0.6) is 11.5 Å². The second-order valence-corrected chi connectivity index (χ2v) is 27.6. The van der Waals surface area contributed by atoms with Crippen molar-refractivity contribution >= 4 is 33.5 Å². The Morgan fingerprint density at radius 1 is 0.349 bits per heavy atom. The number of aromatic nitrogens is 4. The van der Waals surface area contributed by atoms with Gasteiger partial charge in [0.1, 0.15) is 11.5 Å². The second-order valence-electron chi connectivity index (χ2n) is 25.5. The maximum atomic E-state index is 12.2. The van der Waals surface area contributed by atoms with Crippen molar-refractivity contribution in [2.75, 3.05) is 19.5 Å². The van der Waals surface area contributed by atoms with E-state index in [-0.39, 0.29) is 34.9 Å². The van der Waals surface area contributed by atoms with E-state index in [1.807, 2.05) is 229 Å². The van der Waals surface area contributed by atoms with Gasteiger partial charge in [-0.1, -0.05) is 186 Å². The molecule has 4 N–H and O–H groups in total. The number of nitrogens with zero attached hydrogens (tertiary/aromatic N) is 4. The summed E-state index contributed by atoms with van der Waals surface area (Å²) < 4.78 is 34.2. The van der Waals surface area contributed by atoms with E-state index in [1.165, 1.54) is 22.9 Å². The van der Waals surface area contributed by atoms with Crippen molar-refractivity contribution in [1.82, 2.24) is 41.2 Å². The molecule has 0 spiro atoms. The van der Waals surface area contributed by atoms with Crippen LogP contribution in [0.25, 0.3) is 44.9 Å². The van der Waals surface area contributed by atoms with E-state index < -0.39 is 9.84 Å². The first kappa shape index (κ1) is 77.9. The number of hydrogen-bond donors (Lipinski definition) is 4. The minimum absolute atomic E-state index is 0.00729. The van der Waals surface area contributed by atoms with E-state index in [4.69, 9.17) is 9.47 Å².